The van der Waals surface area contributed by atoms with E-state index in [9.17, 15) is 14.7 Å². The number of hydrogen-bond acceptors (Lipinski definition) is 6. The lowest BCUT2D eigenvalue weighted by Crippen LogP contribution is -2.19. The smallest absolute Gasteiger partial charge is 0.250 e. The number of benzene rings is 3. The molecular formula is C25H23N5O3S. The Hall–Kier alpha value is -4.11. The highest BCUT2D eigenvalue weighted by molar-refractivity contribution is 7.99. The highest BCUT2D eigenvalue weighted by Gasteiger charge is 2.18. The fourth-order valence-electron chi connectivity index (χ4n) is 3.47. The van der Waals surface area contributed by atoms with Crippen molar-refractivity contribution >= 4 is 29.3 Å². The van der Waals surface area contributed by atoms with Crippen LogP contribution >= 0.6 is 11.8 Å². The van der Waals surface area contributed by atoms with Crippen LogP contribution in [-0.4, -0.2) is 37.4 Å². The van der Waals surface area contributed by atoms with Gasteiger partial charge in [0.1, 0.15) is 5.75 Å². The maximum absolute atomic E-state index is 12.6. The van der Waals surface area contributed by atoms with Gasteiger partial charge in [-0.25, -0.2) is 0 Å². The number of thioether (sulfide) groups is 1. The summed E-state index contributed by atoms with van der Waals surface area (Å²) in [5.74, 6) is -0.238. The molecule has 0 radical (unpaired) electrons. The van der Waals surface area contributed by atoms with Crippen molar-refractivity contribution in [3.05, 3.63) is 90.0 Å². The van der Waals surface area contributed by atoms with Crippen molar-refractivity contribution in [2.45, 2.75) is 18.1 Å². The van der Waals surface area contributed by atoms with Crippen molar-refractivity contribution in [1.29, 1.82) is 0 Å². The standard InChI is InChI=1S/C25H23N5O3S/c26-23(33)18-10-4-6-12-20(18)27-22(32)16-34-25-29-28-24(19-11-5-7-13-21(19)31)30(25)15-14-17-8-2-1-3-9-17/h1-13,31H,14-16H2,(H2,26,33)(H,27,32). The molecule has 4 aromatic rings. The van der Waals surface area contributed by atoms with E-state index in [1.165, 1.54) is 11.8 Å². The molecule has 1 aromatic heterocycles. The molecule has 0 saturated heterocycles. The molecular weight excluding hydrogens is 450 g/mol. The number of phenolic OH excluding ortho intramolecular Hbond substituents is 1. The number of hydrogen-bond donors (Lipinski definition) is 3. The lowest BCUT2D eigenvalue weighted by atomic mass is 10.1. The number of carbonyl (C=O) groups excluding carboxylic acids is 2. The van der Waals surface area contributed by atoms with Crippen LogP contribution in [0.5, 0.6) is 5.75 Å². The minimum Gasteiger partial charge on any atom is -0.507 e. The predicted octanol–water partition coefficient (Wildman–Crippen LogP) is 3.72. The van der Waals surface area contributed by atoms with Gasteiger partial charge in [0.15, 0.2) is 11.0 Å². The van der Waals surface area contributed by atoms with E-state index >= 15 is 0 Å². The van der Waals surface area contributed by atoms with Crippen molar-refractivity contribution in [3.63, 3.8) is 0 Å². The summed E-state index contributed by atoms with van der Waals surface area (Å²) in [6.45, 7) is 0.565. The largest absolute Gasteiger partial charge is 0.507 e. The second kappa shape index (κ2) is 10.7. The van der Waals surface area contributed by atoms with E-state index in [4.69, 9.17) is 5.73 Å². The van der Waals surface area contributed by atoms with Crippen LogP contribution in [0.4, 0.5) is 5.69 Å². The monoisotopic (exact) mass is 473 g/mol. The van der Waals surface area contributed by atoms with Gasteiger partial charge < -0.3 is 20.7 Å². The Kier molecular flexibility index (Phi) is 7.24. The molecule has 0 bridgehead atoms. The van der Waals surface area contributed by atoms with E-state index < -0.39 is 5.91 Å². The van der Waals surface area contributed by atoms with E-state index in [0.717, 1.165) is 12.0 Å². The third kappa shape index (κ3) is 5.44. The van der Waals surface area contributed by atoms with Crippen LogP contribution in [0.3, 0.4) is 0 Å². The Balaban J connectivity index is 1.53. The van der Waals surface area contributed by atoms with Crippen molar-refractivity contribution < 1.29 is 14.7 Å². The summed E-state index contributed by atoms with van der Waals surface area (Å²) in [6, 6.07) is 23.5. The number of aryl methyl sites for hydroxylation is 1. The number of aromatic hydroxyl groups is 1. The van der Waals surface area contributed by atoms with Crippen molar-refractivity contribution in [1.82, 2.24) is 14.8 Å². The van der Waals surface area contributed by atoms with Crippen LogP contribution < -0.4 is 11.1 Å². The average Bonchev–Trinajstić information content (AvgIpc) is 3.25. The summed E-state index contributed by atoms with van der Waals surface area (Å²) in [4.78, 5) is 24.2. The summed E-state index contributed by atoms with van der Waals surface area (Å²) in [7, 11) is 0. The fourth-order valence-corrected chi connectivity index (χ4v) is 4.23. The van der Waals surface area contributed by atoms with Gasteiger partial charge in [-0.3, -0.25) is 9.59 Å². The zero-order chi connectivity index (χ0) is 23.9. The normalized spacial score (nSPS) is 10.7. The molecule has 2 amide bonds. The van der Waals surface area contributed by atoms with Crippen molar-refractivity contribution in [2.75, 3.05) is 11.1 Å². The highest BCUT2D eigenvalue weighted by atomic mass is 32.2. The molecule has 0 spiro atoms. The summed E-state index contributed by atoms with van der Waals surface area (Å²) < 4.78 is 1.90. The molecule has 1 heterocycles. The van der Waals surface area contributed by atoms with Gasteiger partial charge in [-0.05, 0) is 36.2 Å². The van der Waals surface area contributed by atoms with Gasteiger partial charge >= 0.3 is 0 Å². The second-order valence-corrected chi connectivity index (χ2v) is 8.40. The summed E-state index contributed by atoms with van der Waals surface area (Å²) in [6.07, 6.45) is 0.727. The first kappa shape index (κ1) is 23.1. The van der Waals surface area contributed by atoms with Gasteiger partial charge in [-0.15, -0.1) is 10.2 Å². The lowest BCUT2D eigenvalue weighted by Gasteiger charge is -2.12. The topological polar surface area (TPSA) is 123 Å². The first-order valence-corrected chi connectivity index (χ1v) is 11.6. The summed E-state index contributed by atoms with van der Waals surface area (Å²) in [5.41, 5.74) is 7.71. The second-order valence-electron chi connectivity index (χ2n) is 7.46. The molecule has 4 N–H and O–H groups in total. The Bertz CT molecular complexity index is 1310. The van der Waals surface area contributed by atoms with E-state index in [1.807, 2.05) is 41.0 Å². The number of para-hydroxylation sites is 2. The first-order chi connectivity index (χ1) is 16.5. The number of carbonyl (C=O) groups is 2. The molecule has 34 heavy (non-hydrogen) atoms. The molecule has 0 aliphatic rings. The Labute approximate surface area is 200 Å². The first-order valence-electron chi connectivity index (χ1n) is 10.6. The van der Waals surface area contributed by atoms with Crippen LogP contribution in [0.15, 0.2) is 84.0 Å². The zero-order valence-corrected chi connectivity index (χ0v) is 19.0. The van der Waals surface area contributed by atoms with E-state index in [2.05, 4.69) is 15.5 Å². The van der Waals surface area contributed by atoms with E-state index in [0.29, 0.717) is 28.8 Å². The maximum atomic E-state index is 12.6. The number of primary amides is 1. The number of nitrogens with two attached hydrogens (primary N) is 1. The lowest BCUT2D eigenvalue weighted by molar-refractivity contribution is -0.113. The molecule has 0 saturated carbocycles. The quantitative estimate of drug-likeness (QED) is 0.318. The van der Waals surface area contributed by atoms with Gasteiger partial charge in [-0.1, -0.05) is 66.4 Å². The Morgan fingerprint density at radius 1 is 0.941 bits per heavy atom. The van der Waals surface area contributed by atoms with Gasteiger partial charge in [0, 0.05) is 6.54 Å². The van der Waals surface area contributed by atoms with Gasteiger partial charge in [-0.2, -0.15) is 0 Å². The van der Waals surface area contributed by atoms with Crippen LogP contribution in [0, 0.1) is 0 Å². The molecule has 8 nitrogen and oxygen atoms in total. The van der Waals surface area contributed by atoms with Crippen LogP contribution in [0.1, 0.15) is 15.9 Å². The van der Waals surface area contributed by atoms with E-state index in [1.54, 1.807) is 42.5 Å². The van der Waals surface area contributed by atoms with E-state index in [-0.39, 0.29) is 23.0 Å². The van der Waals surface area contributed by atoms with Crippen molar-refractivity contribution in [3.8, 4) is 17.1 Å². The number of nitrogens with one attached hydrogen (secondary N) is 1. The van der Waals surface area contributed by atoms with Crippen LogP contribution in [-0.2, 0) is 17.8 Å². The number of anilines is 1. The molecule has 0 fully saturated rings. The SMILES string of the molecule is NC(=O)c1ccccc1NC(=O)CSc1nnc(-c2ccccc2O)n1CCc1ccccc1. The molecule has 0 aliphatic carbocycles. The van der Waals surface area contributed by atoms with Crippen molar-refractivity contribution in [2.24, 2.45) is 5.73 Å². The zero-order valence-electron chi connectivity index (χ0n) is 18.2. The van der Waals surface area contributed by atoms with Gasteiger partial charge in [0.2, 0.25) is 5.91 Å². The third-order valence-electron chi connectivity index (χ3n) is 5.13. The highest BCUT2D eigenvalue weighted by Crippen LogP contribution is 2.30. The van der Waals surface area contributed by atoms with Crippen LogP contribution in [0.25, 0.3) is 11.4 Å². The molecule has 0 aliphatic heterocycles. The number of amides is 2. The number of rotatable bonds is 9. The average molecular weight is 474 g/mol. The van der Waals surface area contributed by atoms with Crippen LogP contribution in [0.2, 0.25) is 0 Å². The minimum absolute atomic E-state index is 0.0529. The molecule has 172 valence electrons. The summed E-state index contributed by atoms with van der Waals surface area (Å²) >= 11 is 1.22. The Morgan fingerprint density at radius 2 is 1.65 bits per heavy atom. The minimum atomic E-state index is -0.614. The number of nitrogens with zero attached hydrogens (tertiary/aromatic N) is 3. The molecule has 0 atom stereocenters. The molecule has 4 rings (SSSR count). The predicted molar refractivity (Wildman–Crippen MR) is 132 cm³/mol. The Morgan fingerprint density at radius 3 is 2.41 bits per heavy atom. The number of aromatic nitrogens is 3. The maximum Gasteiger partial charge on any atom is 0.250 e. The molecule has 9 heteroatoms. The summed E-state index contributed by atoms with van der Waals surface area (Å²) in [5, 5.41) is 22.2. The van der Waals surface area contributed by atoms with Gasteiger partial charge in [0.25, 0.3) is 5.91 Å². The molecule has 0 unspecified atom stereocenters. The fraction of sp³-hybridized carbons (Fsp3) is 0.120. The number of phenols is 1. The molecule has 3 aromatic carbocycles. The van der Waals surface area contributed by atoms with Gasteiger partial charge in [0.05, 0.1) is 22.6 Å². The third-order valence-corrected chi connectivity index (χ3v) is 6.09.